The Morgan fingerprint density at radius 3 is 2.83 bits per heavy atom. The van der Waals surface area contributed by atoms with Crippen LogP contribution in [0.15, 0.2) is 23.3 Å². The number of allylic oxidation sites excluding steroid dienone is 4. The molecule has 0 saturated heterocycles. The molecular weight excluding hydrogens is 148 g/mol. The quantitative estimate of drug-likeness (QED) is 0.545. The zero-order chi connectivity index (χ0) is 9.14. The van der Waals surface area contributed by atoms with Crippen LogP contribution in [0.25, 0.3) is 0 Å². The normalized spacial score (nSPS) is 25.6. The summed E-state index contributed by atoms with van der Waals surface area (Å²) in [5.74, 6) is 0.777. The number of hydrogen-bond donors (Lipinski definition) is 0. The number of carbonyl (C=O) groups excluding carboxylic acids is 1. The van der Waals surface area contributed by atoms with Crippen LogP contribution in [-0.4, -0.2) is 5.78 Å². The maximum atomic E-state index is 11.3. The molecule has 0 N–H and O–H groups in total. The summed E-state index contributed by atoms with van der Waals surface area (Å²) in [6, 6.07) is 0. The lowest BCUT2D eigenvalue weighted by Crippen LogP contribution is -2.14. The number of ketones is 1. The Hall–Kier alpha value is -0.850. The Bertz CT molecular complexity index is 246. The average Bonchev–Trinajstić information content (AvgIpc) is 2.08. The second-order valence-electron chi connectivity index (χ2n) is 3.48. The fraction of sp³-hybridized carbons (Fsp3) is 0.545. The summed E-state index contributed by atoms with van der Waals surface area (Å²) < 4.78 is 0. The number of rotatable bonds is 1. The van der Waals surface area contributed by atoms with Gasteiger partial charge in [-0.3, -0.25) is 4.79 Å². The molecule has 1 aliphatic rings. The zero-order valence-corrected chi connectivity index (χ0v) is 8.05. The minimum absolute atomic E-state index is 0.312. The molecule has 1 rings (SSSR count). The van der Waals surface area contributed by atoms with Gasteiger partial charge in [-0.2, -0.15) is 0 Å². The molecule has 0 aromatic rings. The second kappa shape index (κ2) is 3.70. The standard InChI is InChI=1S/C11H16O/c1-4-8(2)10-6-5-9(3)11(12)7-10/h4-5,10H,6-7H2,1-3H3/b8-4+/t10-/m1/s1. The van der Waals surface area contributed by atoms with Crippen LogP contribution >= 0.6 is 0 Å². The molecular formula is C11H16O. The molecule has 0 radical (unpaired) electrons. The molecule has 0 aromatic heterocycles. The van der Waals surface area contributed by atoms with E-state index < -0.39 is 0 Å². The van der Waals surface area contributed by atoms with Crippen molar-refractivity contribution >= 4 is 5.78 Å². The van der Waals surface area contributed by atoms with Gasteiger partial charge in [0.25, 0.3) is 0 Å². The minimum atomic E-state index is 0.312. The molecule has 12 heavy (non-hydrogen) atoms. The maximum Gasteiger partial charge on any atom is 0.158 e. The van der Waals surface area contributed by atoms with Crippen molar-refractivity contribution < 1.29 is 4.79 Å². The van der Waals surface area contributed by atoms with Crippen molar-refractivity contribution in [3.63, 3.8) is 0 Å². The van der Waals surface area contributed by atoms with Crippen molar-refractivity contribution in [2.24, 2.45) is 5.92 Å². The third-order valence-electron chi connectivity index (χ3n) is 2.68. The molecule has 0 bridgehead atoms. The first kappa shape index (κ1) is 9.24. The Labute approximate surface area is 74.2 Å². The van der Waals surface area contributed by atoms with E-state index in [1.807, 2.05) is 13.8 Å². The smallest absolute Gasteiger partial charge is 0.158 e. The van der Waals surface area contributed by atoms with Crippen LogP contribution in [0.4, 0.5) is 0 Å². The van der Waals surface area contributed by atoms with Crippen LogP contribution in [0.3, 0.4) is 0 Å². The van der Waals surface area contributed by atoms with E-state index in [0.717, 1.165) is 12.0 Å². The van der Waals surface area contributed by atoms with E-state index in [-0.39, 0.29) is 0 Å². The number of hydrogen-bond acceptors (Lipinski definition) is 1. The fourth-order valence-corrected chi connectivity index (χ4v) is 1.48. The molecule has 0 amide bonds. The topological polar surface area (TPSA) is 17.1 Å². The Morgan fingerprint density at radius 2 is 2.33 bits per heavy atom. The van der Waals surface area contributed by atoms with E-state index in [0.29, 0.717) is 18.1 Å². The highest BCUT2D eigenvalue weighted by Crippen LogP contribution is 2.26. The summed E-state index contributed by atoms with van der Waals surface area (Å²) in [4.78, 5) is 11.3. The van der Waals surface area contributed by atoms with Crippen molar-refractivity contribution in [3.8, 4) is 0 Å². The van der Waals surface area contributed by atoms with E-state index in [9.17, 15) is 4.79 Å². The van der Waals surface area contributed by atoms with Gasteiger partial charge in [-0.15, -0.1) is 0 Å². The Morgan fingerprint density at radius 1 is 1.67 bits per heavy atom. The van der Waals surface area contributed by atoms with Crippen molar-refractivity contribution in [2.75, 3.05) is 0 Å². The van der Waals surface area contributed by atoms with Crippen LogP contribution in [0.2, 0.25) is 0 Å². The minimum Gasteiger partial charge on any atom is -0.295 e. The monoisotopic (exact) mass is 164 g/mol. The van der Waals surface area contributed by atoms with Crippen molar-refractivity contribution in [1.82, 2.24) is 0 Å². The molecule has 0 saturated carbocycles. The highest BCUT2D eigenvalue weighted by molar-refractivity contribution is 5.95. The lowest BCUT2D eigenvalue weighted by atomic mass is 9.84. The molecule has 0 heterocycles. The lowest BCUT2D eigenvalue weighted by Gasteiger charge is -2.19. The third kappa shape index (κ3) is 1.84. The highest BCUT2D eigenvalue weighted by atomic mass is 16.1. The zero-order valence-electron chi connectivity index (χ0n) is 8.05. The Kier molecular flexibility index (Phi) is 2.85. The second-order valence-corrected chi connectivity index (χ2v) is 3.48. The SMILES string of the molecule is C/C=C(\C)[C@@H]1CC=C(C)C(=O)C1. The van der Waals surface area contributed by atoms with Gasteiger partial charge in [-0.05, 0) is 38.7 Å². The summed E-state index contributed by atoms with van der Waals surface area (Å²) in [5.41, 5.74) is 2.28. The molecule has 0 spiro atoms. The molecule has 0 aromatic carbocycles. The molecule has 1 atom stereocenters. The van der Waals surface area contributed by atoms with E-state index in [1.54, 1.807) is 0 Å². The van der Waals surface area contributed by atoms with Crippen LogP contribution in [0.1, 0.15) is 33.6 Å². The van der Waals surface area contributed by atoms with Gasteiger partial charge in [-0.25, -0.2) is 0 Å². The van der Waals surface area contributed by atoms with Crippen LogP contribution in [0, 0.1) is 5.92 Å². The maximum absolute atomic E-state index is 11.3. The molecule has 1 heteroatoms. The summed E-state index contributed by atoms with van der Waals surface area (Å²) in [7, 11) is 0. The first-order chi connectivity index (χ1) is 5.65. The van der Waals surface area contributed by atoms with Gasteiger partial charge in [0.2, 0.25) is 0 Å². The van der Waals surface area contributed by atoms with Gasteiger partial charge >= 0.3 is 0 Å². The third-order valence-corrected chi connectivity index (χ3v) is 2.68. The first-order valence-electron chi connectivity index (χ1n) is 4.48. The molecule has 0 fully saturated rings. The van der Waals surface area contributed by atoms with E-state index in [2.05, 4.69) is 19.1 Å². The predicted octanol–water partition coefficient (Wildman–Crippen LogP) is 2.88. The van der Waals surface area contributed by atoms with Crippen LogP contribution in [0.5, 0.6) is 0 Å². The van der Waals surface area contributed by atoms with Crippen molar-refractivity contribution in [2.45, 2.75) is 33.6 Å². The van der Waals surface area contributed by atoms with Gasteiger partial charge in [0.1, 0.15) is 0 Å². The van der Waals surface area contributed by atoms with Crippen molar-refractivity contribution in [3.05, 3.63) is 23.3 Å². The lowest BCUT2D eigenvalue weighted by molar-refractivity contribution is -0.116. The van der Waals surface area contributed by atoms with Gasteiger partial charge < -0.3 is 0 Å². The largest absolute Gasteiger partial charge is 0.295 e. The Balaban J connectivity index is 2.72. The summed E-state index contributed by atoms with van der Waals surface area (Å²) >= 11 is 0. The highest BCUT2D eigenvalue weighted by Gasteiger charge is 2.19. The molecule has 0 aliphatic heterocycles. The fourth-order valence-electron chi connectivity index (χ4n) is 1.48. The van der Waals surface area contributed by atoms with Crippen molar-refractivity contribution in [1.29, 1.82) is 0 Å². The van der Waals surface area contributed by atoms with Gasteiger partial charge in [0.15, 0.2) is 5.78 Å². The predicted molar refractivity (Wildman–Crippen MR) is 50.9 cm³/mol. The molecule has 1 nitrogen and oxygen atoms in total. The van der Waals surface area contributed by atoms with Crippen LogP contribution < -0.4 is 0 Å². The first-order valence-corrected chi connectivity index (χ1v) is 4.48. The number of carbonyl (C=O) groups is 1. The summed E-state index contributed by atoms with van der Waals surface area (Å²) in [5, 5.41) is 0. The van der Waals surface area contributed by atoms with Crippen LogP contribution in [-0.2, 0) is 4.79 Å². The average molecular weight is 164 g/mol. The summed E-state index contributed by atoms with van der Waals surface area (Å²) in [6.45, 7) is 6.04. The van der Waals surface area contributed by atoms with E-state index in [1.165, 1.54) is 5.57 Å². The molecule has 0 unspecified atom stereocenters. The van der Waals surface area contributed by atoms with Gasteiger partial charge in [-0.1, -0.05) is 17.7 Å². The summed E-state index contributed by atoms with van der Waals surface area (Å²) in [6.07, 6.45) is 5.90. The molecule has 1 aliphatic carbocycles. The number of Topliss-reactive ketones (excluding diaryl/α,β-unsaturated/α-hetero) is 1. The van der Waals surface area contributed by atoms with E-state index in [4.69, 9.17) is 0 Å². The molecule has 66 valence electrons. The van der Waals surface area contributed by atoms with E-state index >= 15 is 0 Å². The van der Waals surface area contributed by atoms with Gasteiger partial charge in [0.05, 0.1) is 0 Å². The van der Waals surface area contributed by atoms with Gasteiger partial charge in [0, 0.05) is 6.42 Å².